The molecule has 0 aliphatic heterocycles. The number of halogens is 1. The van der Waals surface area contributed by atoms with Gasteiger partial charge in [0.1, 0.15) is 5.69 Å². The maximum Gasteiger partial charge on any atom is 0.117 e. The van der Waals surface area contributed by atoms with Crippen LogP contribution in [0.2, 0.25) is 5.02 Å². The van der Waals surface area contributed by atoms with Crippen LogP contribution in [-0.2, 0) is 13.6 Å². The SMILES string of the molecule is Cn1nnc(-c2ccc(Cl)cc2)c1CN. The van der Waals surface area contributed by atoms with Gasteiger partial charge in [-0.3, -0.25) is 4.68 Å². The first kappa shape index (κ1) is 10.1. The van der Waals surface area contributed by atoms with E-state index in [4.69, 9.17) is 17.3 Å². The Morgan fingerprint density at radius 2 is 2.00 bits per heavy atom. The molecule has 1 heterocycles. The third-order valence-electron chi connectivity index (χ3n) is 2.25. The van der Waals surface area contributed by atoms with E-state index in [9.17, 15) is 0 Å². The molecule has 0 fully saturated rings. The highest BCUT2D eigenvalue weighted by Crippen LogP contribution is 2.22. The van der Waals surface area contributed by atoms with E-state index in [0.29, 0.717) is 11.6 Å². The standard InChI is InChI=1S/C10H11ClN4/c1-15-9(6-12)10(13-14-15)7-2-4-8(11)5-3-7/h2-5H,6,12H2,1H3. The minimum atomic E-state index is 0.418. The molecule has 0 saturated heterocycles. The quantitative estimate of drug-likeness (QED) is 0.840. The Balaban J connectivity index is 2.49. The summed E-state index contributed by atoms with van der Waals surface area (Å²) in [7, 11) is 1.83. The van der Waals surface area contributed by atoms with Gasteiger partial charge in [-0.25, -0.2) is 0 Å². The zero-order valence-electron chi connectivity index (χ0n) is 8.31. The van der Waals surface area contributed by atoms with Crippen molar-refractivity contribution in [2.75, 3.05) is 0 Å². The van der Waals surface area contributed by atoms with E-state index in [0.717, 1.165) is 17.0 Å². The van der Waals surface area contributed by atoms with Crippen molar-refractivity contribution >= 4 is 11.6 Å². The van der Waals surface area contributed by atoms with Crippen molar-refractivity contribution in [2.45, 2.75) is 6.54 Å². The van der Waals surface area contributed by atoms with Crippen LogP contribution in [0.5, 0.6) is 0 Å². The molecule has 0 spiro atoms. The molecule has 0 saturated carbocycles. The smallest absolute Gasteiger partial charge is 0.117 e. The van der Waals surface area contributed by atoms with Crippen LogP contribution >= 0.6 is 11.6 Å². The Morgan fingerprint density at radius 3 is 2.60 bits per heavy atom. The lowest BCUT2D eigenvalue weighted by atomic mass is 10.1. The first-order valence-electron chi connectivity index (χ1n) is 4.57. The number of benzene rings is 1. The highest BCUT2D eigenvalue weighted by molar-refractivity contribution is 6.30. The molecule has 2 rings (SSSR count). The van der Waals surface area contributed by atoms with Crippen LogP contribution in [0.4, 0.5) is 0 Å². The number of hydrogen-bond acceptors (Lipinski definition) is 3. The van der Waals surface area contributed by atoms with Gasteiger partial charge in [0.25, 0.3) is 0 Å². The predicted octanol–water partition coefficient (Wildman–Crippen LogP) is 1.59. The zero-order valence-corrected chi connectivity index (χ0v) is 9.07. The van der Waals surface area contributed by atoms with E-state index >= 15 is 0 Å². The summed E-state index contributed by atoms with van der Waals surface area (Å²) in [5.74, 6) is 0. The second-order valence-corrected chi connectivity index (χ2v) is 3.66. The van der Waals surface area contributed by atoms with Gasteiger partial charge in [0.05, 0.1) is 5.69 Å². The van der Waals surface area contributed by atoms with E-state index in [1.54, 1.807) is 4.68 Å². The van der Waals surface area contributed by atoms with Gasteiger partial charge in [-0.05, 0) is 12.1 Å². The summed E-state index contributed by atoms with van der Waals surface area (Å²) in [6, 6.07) is 7.47. The lowest BCUT2D eigenvalue weighted by Gasteiger charge is -2.01. The Hall–Kier alpha value is -1.39. The minimum absolute atomic E-state index is 0.418. The summed E-state index contributed by atoms with van der Waals surface area (Å²) in [6.45, 7) is 0.418. The Bertz CT molecular complexity index is 461. The summed E-state index contributed by atoms with van der Waals surface area (Å²) < 4.78 is 1.68. The van der Waals surface area contributed by atoms with Crippen molar-refractivity contribution in [3.8, 4) is 11.3 Å². The van der Waals surface area contributed by atoms with Crippen LogP contribution in [-0.4, -0.2) is 15.0 Å². The van der Waals surface area contributed by atoms with Crippen LogP contribution in [0.3, 0.4) is 0 Å². The van der Waals surface area contributed by atoms with Crippen molar-refractivity contribution < 1.29 is 0 Å². The van der Waals surface area contributed by atoms with E-state index in [-0.39, 0.29) is 0 Å². The summed E-state index contributed by atoms with van der Waals surface area (Å²) in [5.41, 5.74) is 8.35. The highest BCUT2D eigenvalue weighted by Gasteiger charge is 2.10. The summed E-state index contributed by atoms with van der Waals surface area (Å²) in [5, 5.41) is 8.72. The van der Waals surface area contributed by atoms with Gasteiger partial charge in [-0.15, -0.1) is 5.10 Å². The number of hydrogen-bond donors (Lipinski definition) is 1. The molecule has 0 unspecified atom stereocenters. The third-order valence-corrected chi connectivity index (χ3v) is 2.51. The topological polar surface area (TPSA) is 56.7 Å². The highest BCUT2D eigenvalue weighted by atomic mass is 35.5. The summed E-state index contributed by atoms with van der Waals surface area (Å²) >= 11 is 5.81. The third kappa shape index (κ3) is 1.86. The van der Waals surface area contributed by atoms with E-state index in [1.165, 1.54) is 0 Å². The zero-order chi connectivity index (χ0) is 10.8. The molecule has 78 valence electrons. The number of nitrogens with two attached hydrogens (primary N) is 1. The molecular weight excluding hydrogens is 212 g/mol. The first-order chi connectivity index (χ1) is 7.22. The monoisotopic (exact) mass is 222 g/mol. The maximum atomic E-state index is 5.81. The molecule has 0 atom stereocenters. The van der Waals surface area contributed by atoms with Gasteiger partial charge in [0.15, 0.2) is 0 Å². The number of nitrogens with zero attached hydrogens (tertiary/aromatic N) is 3. The second-order valence-electron chi connectivity index (χ2n) is 3.22. The van der Waals surface area contributed by atoms with Crippen molar-refractivity contribution in [3.63, 3.8) is 0 Å². The number of rotatable bonds is 2. The average molecular weight is 223 g/mol. The van der Waals surface area contributed by atoms with Crippen LogP contribution in [0.1, 0.15) is 5.69 Å². The van der Waals surface area contributed by atoms with Gasteiger partial charge in [-0.1, -0.05) is 28.9 Å². The van der Waals surface area contributed by atoms with Crippen molar-refractivity contribution in [1.29, 1.82) is 0 Å². The lowest BCUT2D eigenvalue weighted by molar-refractivity contribution is 0.678. The van der Waals surface area contributed by atoms with Crippen LogP contribution in [0, 0.1) is 0 Å². The molecule has 0 amide bonds. The van der Waals surface area contributed by atoms with E-state index in [2.05, 4.69) is 10.3 Å². The molecule has 0 bridgehead atoms. The molecule has 0 aliphatic rings. The Morgan fingerprint density at radius 1 is 1.33 bits per heavy atom. The second kappa shape index (κ2) is 4.00. The lowest BCUT2D eigenvalue weighted by Crippen LogP contribution is -2.05. The van der Waals surface area contributed by atoms with Gasteiger partial charge in [-0.2, -0.15) is 0 Å². The normalized spacial score (nSPS) is 10.6. The molecule has 1 aromatic heterocycles. The van der Waals surface area contributed by atoms with Crippen LogP contribution in [0.15, 0.2) is 24.3 Å². The molecule has 2 N–H and O–H groups in total. The van der Waals surface area contributed by atoms with Crippen molar-refractivity contribution in [1.82, 2.24) is 15.0 Å². The molecule has 0 aliphatic carbocycles. The molecular formula is C10H11ClN4. The molecule has 15 heavy (non-hydrogen) atoms. The fraction of sp³-hybridized carbons (Fsp3) is 0.200. The average Bonchev–Trinajstić information content (AvgIpc) is 2.61. The Labute approximate surface area is 92.7 Å². The molecule has 4 nitrogen and oxygen atoms in total. The van der Waals surface area contributed by atoms with Gasteiger partial charge in [0.2, 0.25) is 0 Å². The number of aryl methyl sites for hydroxylation is 1. The largest absolute Gasteiger partial charge is 0.325 e. The molecule has 2 aromatic rings. The number of aromatic nitrogens is 3. The minimum Gasteiger partial charge on any atom is -0.325 e. The fourth-order valence-corrected chi connectivity index (χ4v) is 1.56. The Kier molecular flexibility index (Phi) is 2.70. The summed E-state index contributed by atoms with van der Waals surface area (Å²) in [4.78, 5) is 0. The van der Waals surface area contributed by atoms with Gasteiger partial charge in [0, 0.05) is 24.2 Å². The summed E-state index contributed by atoms with van der Waals surface area (Å²) in [6.07, 6.45) is 0. The molecule has 0 radical (unpaired) electrons. The maximum absolute atomic E-state index is 5.81. The molecule has 5 heteroatoms. The first-order valence-corrected chi connectivity index (χ1v) is 4.94. The molecule has 1 aromatic carbocycles. The fourth-order valence-electron chi connectivity index (χ4n) is 1.44. The van der Waals surface area contributed by atoms with Gasteiger partial charge >= 0.3 is 0 Å². The van der Waals surface area contributed by atoms with Crippen LogP contribution < -0.4 is 5.73 Å². The van der Waals surface area contributed by atoms with Crippen LogP contribution in [0.25, 0.3) is 11.3 Å². The van der Waals surface area contributed by atoms with E-state index in [1.807, 2.05) is 31.3 Å². The predicted molar refractivity (Wildman–Crippen MR) is 59.3 cm³/mol. The van der Waals surface area contributed by atoms with E-state index < -0.39 is 0 Å². The van der Waals surface area contributed by atoms with Crippen molar-refractivity contribution in [3.05, 3.63) is 35.0 Å². The van der Waals surface area contributed by atoms with Gasteiger partial charge < -0.3 is 5.73 Å². The van der Waals surface area contributed by atoms with Crippen molar-refractivity contribution in [2.24, 2.45) is 12.8 Å².